The molecule has 4 aromatic rings. The lowest BCUT2D eigenvalue weighted by Crippen LogP contribution is -2.03. The number of nitrogens with zero attached hydrogens (tertiary/aromatic N) is 3. The molecule has 0 bridgehead atoms. The van der Waals surface area contributed by atoms with Crippen molar-refractivity contribution in [2.75, 3.05) is 0 Å². The number of benzene rings is 2. The summed E-state index contributed by atoms with van der Waals surface area (Å²) < 4.78 is 49.4. The average Bonchev–Trinajstić information content (AvgIpc) is 3.22. The van der Waals surface area contributed by atoms with Crippen molar-refractivity contribution < 1.29 is 22.6 Å². The molecule has 0 aliphatic heterocycles. The summed E-state index contributed by atoms with van der Waals surface area (Å²) in [5.41, 5.74) is 0.611. The van der Waals surface area contributed by atoms with Crippen LogP contribution >= 0.6 is 11.3 Å². The molecule has 0 atom stereocenters. The number of thiazole rings is 1. The molecule has 0 amide bonds. The first-order valence-electron chi connectivity index (χ1n) is 8.77. The number of hydrogen-bond donors (Lipinski definition) is 0. The first-order chi connectivity index (χ1) is 14.5. The molecule has 0 saturated heterocycles. The third kappa shape index (κ3) is 4.93. The Hall–Kier alpha value is -3.46. The van der Waals surface area contributed by atoms with Crippen LogP contribution < -0.4 is 9.47 Å². The van der Waals surface area contributed by atoms with Crippen molar-refractivity contribution in [3.63, 3.8) is 0 Å². The van der Waals surface area contributed by atoms with Gasteiger partial charge in [0.15, 0.2) is 0 Å². The van der Waals surface area contributed by atoms with E-state index in [9.17, 15) is 13.2 Å². The Labute approximate surface area is 173 Å². The summed E-state index contributed by atoms with van der Waals surface area (Å²) in [4.78, 5) is 12.4. The van der Waals surface area contributed by atoms with Crippen molar-refractivity contribution in [1.29, 1.82) is 0 Å². The fraction of sp³-hybridized carbons (Fsp3) is 0.0952. The molecule has 0 radical (unpaired) electrons. The molecule has 0 N–H and O–H groups in total. The van der Waals surface area contributed by atoms with E-state index < -0.39 is 11.7 Å². The highest BCUT2D eigenvalue weighted by molar-refractivity contribution is 7.13. The number of ether oxygens (including phenoxy) is 2. The van der Waals surface area contributed by atoms with E-state index in [2.05, 4.69) is 15.0 Å². The van der Waals surface area contributed by atoms with Gasteiger partial charge in [0, 0.05) is 29.4 Å². The van der Waals surface area contributed by atoms with Crippen LogP contribution in [0, 0.1) is 0 Å². The minimum Gasteiger partial charge on any atom is -0.487 e. The van der Waals surface area contributed by atoms with Crippen LogP contribution in [0.4, 0.5) is 13.2 Å². The lowest BCUT2D eigenvalue weighted by Gasteiger charge is -2.07. The lowest BCUT2D eigenvalue weighted by atomic mass is 10.1. The van der Waals surface area contributed by atoms with Gasteiger partial charge in [-0.3, -0.25) is 0 Å². The normalized spacial score (nSPS) is 11.3. The van der Waals surface area contributed by atoms with Crippen molar-refractivity contribution in [2.45, 2.75) is 12.8 Å². The summed E-state index contributed by atoms with van der Waals surface area (Å²) in [6.07, 6.45) is -1.19. The molecule has 0 spiro atoms. The molecular formula is C21H14F3N3O2S. The Morgan fingerprint density at radius 1 is 0.900 bits per heavy atom. The van der Waals surface area contributed by atoms with E-state index in [1.54, 1.807) is 42.7 Å². The van der Waals surface area contributed by atoms with Crippen LogP contribution in [0.2, 0.25) is 0 Å². The van der Waals surface area contributed by atoms with E-state index in [0.29, 0.717) is 27.8 Å². The number of alkyl halides is 3. The zero-order chi connectivity index (χ0) is 21.0. The first kappa shape index (κ1) is 19.8. The van der Waals surface area contributed by atoms with Gasteiger partial charge in [0.1, 0.15) is 23.1 Å². The molecule has 5 nitrogen and oxygen atoms in total. The van der Waals surface area contributed by atoms with E-state index in [1.165, 1.54) is 23.5 Å². The van der Waals surface area contributed by atoms with Gasteiger partial charge in [0.2, 0.25) is 0 Å². The van der Waals surface area contributed by atoms with Crippen molar-refractivity contribution in [3.8, 4) is 28.1 Å². The van der Waals surface area contributed by atoms with Gasteiger partial charge in [-0.1, -0.05) is 18.2 Å². The van der Waals surface area contributed by atoms with Gasteiger partial charge < -0.3 is 9.47 Å². The summed E-state index contributed by atoms with van der Waals surface area (Å²) in [6.45, 7) is 0.211. The summed E-state index contributed by atoms with van der Waals surface area (Å²) in [7, 11) is 0. The maximum atomic E-state index is 12.7. The molecule has 9 heteroatoms. The molecule has 2 aromatic carbocycles. The van der Waals surface area contributed by atoms with Gasteiger partial charge in [0.25, 0.3) is 0 Å². The second-order valence-corrected chi connectivity index (χ2v) is 6.97. The fourth-order valence-electron chi connectivity index (χ4n) is 2.54. The summed E-state index contributed by atoms with van der Waals surface area (Å²) in [5, 5.41) is 2.44. The zero-order valence-electron chi connectivity index (χ0n) is 15.3. The van der Waals surface area contributed by atoms with Crippen molar-refractivity contribution in [2.24, 2.45) is 0 Å². The lowest BCUT2D eigenvalue weighted by molar-refractivity contribution is -0.137. The van der Waals surface area contributed by atoms with Crippen molar-refractivity contribution in [1.82, 2.24) is 15.0 Å². The second kappa shape index (κ2) is 8.50. The molecule has 4 rings (SSSR count). The van der Waals surface area contributed by atoms with Crippen LogP contribution in [0.25, 0.3) is 10.6 Å². The van der Waals surface area contributed by atoms with E-state index in [-0.39, 0.29) is 12.6 Å². The molecule has 0 saturated carbocycles. The molecule has 2 aromatic heterocycles. The third-order valence-corrected chi connectivity index (χ3v) is 4.89. The quantitative estimate of drug-likeness (QED) is 0.377. The monoisotopic (exact) mass is 429 g/mol. The van der Waals surface area contributed by atoms with Crippen LogP contribution in [0.1, 0.15) is 11.3 Å². The first-order valence-corrected chi connectivity index (χ1v) is 9.65. The third-order valence-electron chi connectivity index (χ3n) is 3.95. The molecule has 0 aliphatic carbocycles. The number of rotatable bonds is 6. The van der Waals surface area contributed by atoms with Crippen LogP contribution in [-0.4, -0.2) is 15.0 Å². The van der Waals surface area contributed by atoms with Crippen LogP contribution in [-0.2, 0) is 12.8 Å². The topological polar surface area (TPSA) is 57.1 Å². The highest BCUT2D eigenvalue weighted by Gasteiger charge is 2.30. The Kier molecular flexibility index (Phi) is 5.62. The molecule has 2 heterocycles. The van der Waals surface area contributed by atoms with Gasteiger partial charge in [-0.2, -0.15) is 13.2 Å². The highest BCUT2D eigenvalue weighted by atomic mass is 32.1. The maximum Gasteiger partial charge on any atom is 0.416 e. The van der Waals surface area contributed by atoms with Crippen LogP contribution in [0.15, 0.2) is 72.4 Å². The number of halogens is 3. The molecule has 0 unspecified atom stereocenters. The zero-order valence-corrected chi connectivity index (χ0v) is 16.2. The van der Waals surface area contributed by atoms with Crippen LogP contribution in [0.5, 0.6) is 17.5 Å². The molecular weight excluding hydrogens is 415 g/mol. The average molecular weight is 429 g/mol. The van der Waals surface area contributed by atoms with Crippen molar-refractivity contribution >= 4 is 11.3 Å². The van der Waals surface area contributed by atoms with E-state index in [0.717, 1.165) is 12.1 Å². The van der Waals surface area contributed by atoms with E-state index >= 15 is 0 Å². The Morgan fingerprint density at radius 2 is 1.63 bits per heavy atom. The number of hydrogen-bond acceptors (Lipinski definition) is 6. The van der Waals surface area contributed by atoms with E-state index in [1.807, 2.05) is 5.38 Å². The molecule has 30 heavy (non-hydrogen) atoms. The minimum absolute atomic E-state index is 0.211. The maximum absolute atomic E-state index is 12.7. The second-order valence-electron chi connectivity index (χ2n) is 6.12. The standard InChI is InChI=1S/C21H14F3N3O2S/c22-21(23,24)15-7-5-14(6-8-15)19-27-16(13-30-19)12-28-17-3-1-4-18(11-17)29-20-25-9-2-10-26-20/h1-11,13H,12H2. The largest absolute Gasteiger partial charge is 0.487 e. The highest BCUT2D eigenvalue weighted by Crippen LogP contribution is 2.32. The smallest absolute Gasteiger partial charge is 0.416 e. The SMILES string of the molecule is FC(F)(F)c1ccc(-c2nc(COc3cccc(Oc4ncccn4)c3)cs2)cc1. The Morgan fingerprint density at radius 3 is 2.37 bits per heavy atom. The van der Waals surface area contributed by atoms with Gasteiger partial charge in [-0.25, -0.2) is 15.0 Å². The van der Waals surface area contributed by atoms with Gasteiger partial charge in [-0.15, -0.1) is 11.3 Å². The molecule has 0 aliphatic rings. The summed E-state index contributed by atoms with van der Waals surface area (Å²) in [5.74, 6) is 1.11. The van der Waals surface area contributed by atoms with E-state index in [4.69, 9.17) is 9.47 Å². The Bertz CT molecular complexity index is 1120. The summed E-state index contributed by atoms with van der Waals surface area (Å²) in [6, 6.07) is 13.9. The predicted molar refractivity (Wildman–Crippen MR) is 105 cm³/mol. The van der Waals surface area contributed by atoms with Gasteiger partial charge in [0.05, 0.1) is 11.3 Å². The minimum atomic E-state index is -4.36. The van der Waals surface area contributed by atoms with Gasteiger partial charge >= 0.3 is 12.2 Å². The number of aromatic nitrogens is 3. The molecule has 0 fully saturated rings. The fourth-order valence-corrected chi connectivity index (χ4v) is 3.35. The molecule has 152 valence electrons. The van der Waals surface area contributed by atoms with Gasteiger partial charge in [-0.05, 0) is 30.3 Å². The van der Waals surface area contributed by atoms with Crippen LogP contribution in [0.3, 0.4) is 0 Å². The Balaban J connectivity index is 1.39. The summed E-state index contributed by atoms with van der Waals surface area (Å²) >= 11 is 1.34. The predicted octanol–water partition coefficient (Wildman–Crippen LogP) is 5.99. The van der Waals surface area contributed by atoms with Crippen molar-refractivity contribution in [3.05, 3.63) is 83.6 Å².